The van der Waals surface area contributed by atoms with E-state index < -0.39 is 5.60 Å². The maximum Gasteiger partial charge on any atom is 0.319 e. The van der Waals surface area contributed by atoms with Crippen molar-refractivity contribution in [2.45, 2.75) is 43.9 Å². The number of hydrogen-bond donors (Lipinski definition) is 1. The van der Waals surface area contributed by atoms with E-state index >= 15 is 0 Å². The lowest BCUT2D eigenvalue weighted by atomic mass is 9.91. The number of hydrogen-bond acceptors (Lipinski definition) is 8. The Morgan fingerprint density at radius 1 is 1.07 bits per heavy atom. The summed E-state index contributed by atoms with van der Waals surface area (Å²) in [6, 6.07) is 8.43. The fourth-order valence-electron chi connectivity index (χ4n) is 5.73. The molecular formula is C27H34N10O3. The minimum absolute atomic E-state index is 0.0736. The Balaban J connectivity index is 1.14. The number of likely N-dealkylation sites (tertiary alicyclic amines) is 1. The lowest BCUT2D eigenvalue weighted by molar-refractivity contribution is -0.0282. The molecule has 0 radical (unpaired) electrons. The first-order chi connectivity index (χ1) is 19.3. The lowest BCUT2D eigenvalue weighted by Gasteiger charge is -2.39. The van der Waals surface area contributed by atoms with E-state index in [0.29, 0.717) is 43.0 Å². The molecule has 4 aromatic rings. The summed E-state index contributed by atoms with van der Waals surface area (Å²) in [5, 5.41) is 24.1. The summed E-state index contributed by atoms with van der Waals surface area (Å²) in [4.78, 5) is 35.7. The van der Waals surface area contributed by atoms with Crippen molar-refractivity contribution in [1.82, 2.24) is 44.1 Å². The third kappa shape index (κ3) is 4.92. The van der Waals surface area contributed by atoms with Crippen molar-refractivity contribution in [3.05, 3.63) is 59.5 Å². The smallest absolute Gasteiger partial charge is 0.319 e. The van der Waals surface area contributed by atoms with Crippen molar-refractivity contribution in [3.63, 3.8) is 0 Å². The van der Waals surface area contributed by atoms with Crippen LogP contribution in [0.15, 0.2) is 54.0 Å². The average Bonchev–Trinajstić information content (AvgIpc) is 3.66. The molecule has 0 atom stereocenters. The van der Waals surface area contributed by atoms with Gasteiger partial charge >= 0.3 is 6.03 Å². The van der Waals surface area contributed by atoms with Crippen LogP contribution in [0.3, 0.4) is 0 Å². The molecule has 6 rings (SSSR count). The summed E-state index contributed by atoms with van der Waals surface area (Å²) in [7, 11) is 3.42. The minimum Gasteiger partial charge on any atom is -0.388 e. The molecule has 2 fully saturated rings. The number of piperidine rings is 2. The molecule has 2 saturated heterocycles. The molecule has 0 unspecified atom stereocenters. The summed E-state index contributed by atoms with van der Waals surface area (Å²) in [5.74, 6) is 0. The number of carbonyl (C=O) groups excluding carboxylic acids is 1. The summed E-state index contributed by atoms with van der Waals surface area (Å²) in [6.45, 7) is 2.86. The zero-order valence-corrected chi connectivity index (χ0v) is 22.8. The highest BCUT2D eigenvalue weighted by molar-refractivity contribution is 5.75. The number of aliphatic hydroxyl groups is 1. The zero-order chi connectivity index (χ0) is 27.9. The van der Waals surface area contributed by atoms with Crippen LogP contribution in [0.4, 0.5) is 10.5 Å². The second kappa shape index (κ2) is 10.4. The fraction of sp³-hybridized carbons (Fsp3) is 0.481. The fourth-order valence-corrected chi connectivity index (χ4v) is 5.73. The molecular weight excluding hydrogens is 512 g/mol. The minimum atomic E-state index is -1.09. The van der Waals surface area contributed by atoms with Crippen LogP contribution < -0.4 is 10.5 Å². The number of nitrogens with zero attached hydrogens (tertiary/aromatic N) is 10. The van der Waals surface area contributed by atoms with E-state index in [0.717, 1.165) is 37.3 Å². The van der Waals surface area contributed by atoms with Crippen LogP contribution in [0.2, 0.25) is 0 Å². The molecule has 2 aliphatic heterocycles. The number of aromatic nitrogens is 7. The van der Waals surface area contributed by atoms with Gasteiger partial charge in [-0.3, -0.25) is 9.36 Å². The molecule has 210 valence electrons. The maximum absolute atomic E-state index is 13.3. The quantitative estimate of drug-likeness (QED) is 0.399. The summed E-state index contributed by atoms with van der Waals surface area (Å²) in [6.07, 6.45) is 9.45. The highest BCUT2D eigenvalue weighted by Gasteiger charge is 2.35. The van der Waals surface area contributed by atoms with Crippen molar-refractivity contribution in [2.24, 2.45) is 0 Å². The van der Waals surface area contributed by atoms with E-state index in [1.54, 1.807) is 29.9 Å². The van der Waals surface area contributed by atoms with Crippen LogP contribution >= 0.6 is 0 Å². The van der Waals surface area contributed by atoms with E-state index in [4.69, 9.17) is 0 Å². The van der Waals surface area contributed by atoms with Crippen LogP contribution in [-0.2, 0) is 6.54 Å². The van der Waals surface area contributed by atoms with Gasteiger partial charge < -0.3 is 19.8 Å². The topological polar surface area (TPSA) is 130 Å². The molecule has 0 bridgehead atoms. The normalized spacial score (nSPS) is 17.9. The predicted octanol–water partition coefficient (Wildman–Crippen LogP) is 1.52. The van der Waals surface area contributed by atoms with Crippen molar-refractivity contribution in [3.8, 4) is 5.69 Å². The number of fused-ring (bicyclic) bond motifs is 1. The molecule has 2 aliphatic rings. The van der Waals surface area contributed by atoms with E-state index in [1.165, 1.54) is 22.0 Å². The number of anilines is 1. The molecule has 13 heteroatoms. The summed E-state index contributed by atoms with van der Waals surface area (Å²) < 4.78 is 5.06. The van der Waals surface area contributed by atoms with Gasteiger partial charge in [-0.15, -0.1) is 5.10 Å². The number of rotatable bonds is 5. The van der Waals surface area contributed by atoms with Crippen LogP contribution in [0.1, 0.15) is 31.7 Å². The van der Waals surface area contributed by atoms with Gasteiger partial charge in [-0.25, -0.2) is 19.1 Å². The van der Waals surface area contributed by atoms with Crippen LogP contribution in [0, 0.1) is 0 Å². The highest BCUT2D eigenvalue weighted by Crippen LogP contribution is 2.27. The van der Waals surface area contributed by atoms with E-state index in [2.05, 4.69) is 37.4 Å². The van der Waals surface area contributed by atoms with Gasteiger partial charge in [0.25, 0.3) is 5.56 Å². The van der Waals surface area contributed by atoms with Crippen molar-refractivity contribution in [1.29, 1.82) is 0 Å². The van der Waals surface area contributed by atoms with Crippen LogP contribution in [0.25, 0.3) is 16.7 Å². The van der Waals surface area contributed by atoms with E-state index in [1.807, 2.05) is 23.0 Å². The second-order valence-corrected chi connectivity index (χ2v) is 11.0. The summed E-state index contributed by atoms with van der Waals surface area (Å²) >= 11 is 0. The monoisotopic (exact) mass is 546 g/mol. The first-order valence-corrected chi connectivity index (χ1v) is 13.6. The molecule has 3 aromatic heterocycles. The molecule has 1 N–H and O–H groups in total. The Morgan fingerprint density at radius 2 is 1.77 bits per heavy atom. The Bertz CT molecular complexity index is 1530. The third-order valence-corrected chi connectivity index (χ3v) is 8.11. The molecule has 2 amide bonds. The number of amides is 2. The number of urea groups is 1. The van der Waals surface area contributed by atoms with Gasteiger partial charge in [0, 0.05) is 52.2 Å². The average molecular weight is 547 g/mol. The van der Waals surface area contributed by atoms with Crippen LogP contribution in [0.5, 0.6) is 0 Å². The third-order valence-electron chi connectivity index (χ3n) is 8.11. The first-order valence-electron chi connectivity index (χ1n) is 13.6. The van der Waals surface area contributed by atoms with Gasteiger partial charge in [-0.05, 0) is 49.9 Å². The molecule has 1 aromatic carbocycles. The first kappa shape index (κ1) is 26.0. The molecule has 0 spiro atoms. The Kier molecular flexibility index (Phi) is 6.74. The standard InChI is InChI=1S/C27H34N10O3/c1-32(2)26(39)34-14-9-27(40,10-15-34)18-35-19-28-24-23(25(35)38)17-30-37(24)22-5-3-20(4-6-22)33-12-7-21(8-13-33)36-16-11-29-31-36/h3-6,11,16-17,19,21,40H,7-10,12-15,18H2,1-2H3. The second-order valence-electron chi connectivity index (χ2n) is 11.0. The lowest BCUT2D eigenvalue weighted by Crippen LogP contribution is -2.51. The van der Waals surface area contributed by atoms with Crippen molar-refractivity contribution >= 4 is 22.8 Å². The largest absolute Gasteiger partial charge is 0.388 e. The molecule has 0 saturated carbocycles. The van der Waals surface area contributed by atoms with Crippen LogP contribution in [-0.4, -0.2) is 101 Å². The van der Waals surface area contributed by atoms with Gasteiger partial charge in [0.2, 0.25) is 0 Å². The zero-order valence-electron chi connectivity index (χ0n) is 22.8. The Hall–Kier alpha value is -4.26. The van der Waals surface area contributed by atoms with Gasteiger partial charge in [0.15, 0.2) is 5.65 Å². The summed E-state index contributed by atoms with van der Waals surface area (Å²) in [5.41, 5.74) is 1.10. The highest BCUT2D eigenvalue weighted by atomic mass is 16.3. The van der Waals surface area contributed by atoms with Crippen molar-refractivity contribution < 1.29 is 9.90 Å². The maximum atomic E-state index is 13.3. The molecule has 13 nitrogen and oxygen atoms in total. The Labute approximate surface area is 231 Å². The molecule has 40 heavy (non-hydrogen) atoms. The number of carbonyl (C=O) groups is 1. The Morgan fingerprint density at radius 3 is 2.42 bits per heavy atom. The predicted molar refractivity (Wildman–Crippen MR) is 148 cm³/mol. The van der Waals surface area contributed by atoms with Crippen molar-refractivity contribution in [2.75, 3.05) is 45.2 Å². The van der Waals surface area contributed by atoms with Gasteiger partial charge in [-0.2, -0.15) is 5.10 Å². The SMILES string of the molecule is CN(C)C(=O)N1CCC(O)(Cn2cnc3c(cnn3-c3ccc(N4CCC(n5ccnn5)CC4)cc3)c2=O)CC1. The number of benzene rings is 1. The van der Waals surface area contributed by atoms with Gasteiger partial charge in [0.05, 0.1) is 36.3 Å². The molecule has 0 aliphatic carbocycles. The molecule has 5 heterocycles. The van der Waals surface area contributed by atoms with Gasteiger partial charge in [0.1, 0.15) is 11.7 Å². The van der Waals surface area contributed by atoms with E-state index in [-0.39, 0.29) is 18.1 Å². The van der Waals surface area contributed by atoms with Gasteiger partial charge in [-0.1, -0.05) is 5.21 Å². The van der Waals surface area contributed by atoms with E-state index in [9.17, 15) is 14.7 Å².